The average molecular weight is 277 g/mol. The summed E-state index contributed by atoms with van der Waals surface area (Å²) in [5.74, 6) is -0.350. The second-order valence-corrected chi connectivity index (χ2v) is 5.05. The van der Waals surface area contributed by atoms with Crippen LogP contribution in [0.4, 0.5) is 5.13 Å². The number of thiazole rings is 1. The van der Waals surface area contributed by atoms with E-state index < -0.39 is 0 Å². The van der Waals surface area contributed by atoms with Crippen molar-refractivity contribution < 1.29 is 9.53 Å². The fourth-order valence-corrected chi connectivity index (χ4v) is 2.50. The summed E-state index contributed by atoms with van der Waals surface area (Å²) in [7, 11) is 1.37. The highest BCUT2D eigenvalue weighted by atomic mass is 32.1. The number of carbonyl (C=O) groups excluding carboxylic acids is 1. The Hall–Kier alpha value is -1.95. The second-order valence-electron chi connectivity index (χ2n) is 4.05. The van der Waals surface area contributed by atoms with E-state index in [1.54, 1.807) is 6.92 Å². The van der Waals surface area contributed by atoms with Crippen LogP contribution in [0.5, 0.6) is 0 Å². The van der Waals surface area contributed by atoms with E-state index >= 15 is 0 Å². The van der Waals surface area contributed by atoms with Crippen molar-refractivity contribution in [2.24, 2.45) is 0 Å². The van der Waals surface area contributed by atoms with E-state index in [1.165, 1.54) is 18.4 Å². The molecule has 19 heavy (non-hydrogen) atoms. The Labute approximate surface area is 115 Å². The molecule has 0 radical (unpaired) electrons. The summed E-state index contributed by atoms with van der Waals surface area (Å²) in [6.45, 7) is 4.32. The molecule has 5 nitrogen and oxygen atoms in total. The van der Waals surface area contributed by atoms with Crippen molar-refractivity contribution in [3.8, 4) is 0 Å². The number of hydrogen-bond acceptors (Lipinski definition) is 6. The number of pyridine rings is 1. The van der Waals surface area contributed by atoms with Crippen LogP contribution in [0.2, 0.25) is 0 Å². The number of carbonyl (C=O) groups is 1. The summed E-state index contributed by atoms with van der Waals surface area (Å²) < 4.78 is 4.70. The van der Waals surface area contributed by atoms with Gasteiger partial charge in [-0.2, -0.15) is 0 Å². The van der Waals surface area contributed by atoms with Crippen LogP contribution in [0.15, 0.2) is 18.2 Å². The topological polar surface area (TPSA) is 64.1 Å². The van der Waals surface area contributed by atoms with Gasteiger partial charge in [-0.25, -0.2) is 9.78 Å². The minimum atomic E-state index is -0.350. The predicted octanol–water partition coefficient (Wildman–Crippen LogP) is 2.55. The molecule has 0 atom stereocenters. The Morgan fingerprint density at radius 1 is 1.37 bits per heavy atom. The van der Waals surface area contributed by atoms with Gasteiger partial charge >= 0.3 is 5.97 Å². The Morgan fingerprint density at radius 3 is 2.84 bits per heavy atom. The molecule has 0 amide bonds. The second kappa shape index (κ2) is 5.79. The molecule has 2 rings (SSSR count). The molecule has 2 aromatic rings. The first-order valence-electron chi connectivity index (χ1n) is 5.82. The van der Waals surface area contributed by atoms with Crippen LogP contribution < -0.4 is 5.32 Å². The van der Waals surface area contributed by atoms with Gasteiger partial charge in [0.15, 0.2) is 5.13 Å². The summed E-state index contributed by atoms with van der Waals surface area (Å²) in [5.41, 5.74) is 2.59. The number of methoxy groups -OCH3 is 1. The zero-order chi connectivity index (χ0) is 13.8. The molecule has 0 saturated heterocycles. The first-order valence-corrected chi connectivity index (χ1v) is 6.64. The standard InChI is InChI=1S/C13H15N3O2S/c1-8-5-4-6-10(15-8)7-14-13-16-9(2)11(19-13)12(17)18-3/h4-6H,7H2,1-3H3,(H,14,16). The summed E-state index contributed by atoms with van der Waals surface area (Å²) in [6.07, 6.45) is 0. The SMILES string of the molecule is COC(=O)c1sc(NCc2cccc(C)n2)nc1C. The smallest absolute Gasteiger partial charge is 0.350 e. The highest BCUT2D eigenvalue weighted by Crippen LogP contribution is 2.23. The Bertz CT molecular complexity index is 595. The molecule has 2 heterocycles. The molecule has 0 aromatic carbocycles. The number of anilines is 1. The van der Waals surface area contributed by atoms with Gasteiger partial charge in [0, 0.05) is 5.69 Å². The van der Waals surface area contributed by atoms with Gasteiger partial charge in [-0.05, 0) is 26.0 Å². The van der Waals surface area contributed by atoms with Gasteiger partial charge < -0.3 is 10.1 Å². The molecule has 0 saturated carbocycles. The fourth-order valence-electron chi connectivity index (χ4n) is 1.62. The van der Waals surface area contributed by atoms with E-state index in [-0.39, 0.29) is 5.97 Å². The zero-order valence-corrected chi connectivity index (χ0v) is 11.9. The number of aromatic nitrogens is 2. The van der Waals surface area contributed by atoms with Gasteiger partial charge in [0.05, 0.1) is 25.0 Å². The van der Waals surface area contributed by atoms with Gasteiger partial charge in [0.2, 0.25) is 0 Å². The van der Waals surface area contributed by atoms with E-state index in [4.69, 9.17) is 4.74 Å². The van der Waals surface area contributed by atoms with E-state index in [0.29, 0.717) is 22.2 Å². The number of nitrogens with one attached hydrogen (secondary N) is 1. The molecule has 2 aromatic heterocycles. The molecule has 6 heteroatoms. The number of nitrogens with zero attached hydrogens (tertiary/aromatic N) is 2. The van der Waals surface area contributed by atoms with Gasteiger partial charge in [0.1, 0.15) is 4.88 Å². The minimum absolute atomic E-state index is 0.350. The lowest BCUT2D eigenvalue weighted by Crippen LogP contribution is -2.01. The molecule has 0 unspecified atom stereocenters. The highest BCUT2D eigenvalue weighted by molar-refractivity contribution is 7.17. The third-order valence-electron chi connectivity index (χ3n) is 2.53. The maximum Gasteiger partial charge on any atom is 0.350 e. The molecule has 1 N–H and O–H groups in total. The molecule has 0 bridgehead atoms. The monoisotopic (exact) mass is 277 g/mol. The van der Waals surface area contributed by atoms with Gasteiger partial charge in [-0.3, -0.25) is 4.98 Å². The predicted molar refractivity (Wildman–Crippen MR) is 74.5 cm³/mol. The van der Waals surface area contributed by atoms with E-state index in [0.717, 1.165) is 11.4 Å². The summed E-state index contributed by atoms with van der Waals surface area (Å²) >= 11 is 1.29. The summed E-state index contributed by atoms with van der Waals surface area (Å²) in [6, 6.07) is 5.86. The maximum absolute atomic E-state index is 11.5. The number of hydrogen-bond donors (Lipinski definition) is 1. The van der Waals surface area contributed by atoms with Crippen LogP contribution in [-0.2, 0) is 11.3 Å². The molecule has 0 fully saturated rings. The van der Waals surface area contributed by atoms with Crippen molar-refractivity contribution in [1.82, 2.24) is 9.97 Å². The molecule has 0 aliphatic rings. The van der Waals surface area contributed by atoms with E-state index in [1.807, 2.05) is 25.1 Å². The van der Waals surface area contributed by atoms with Crippen LogP contribution in [0.25, 0.3) is 0 Å². The quantitative estimate of drug-likeness (QED) is 0.870. The average Bonchev–Trinajstić information content (AvgIpc) is 2.77. The third kappa shape index (κ3) is 3.29. The summed E-state index contributed by atoms with van der Waals surface area (Å²) in [4.78, 5) is 20.7. The van der Waals surface area contributed by atoms with Crippen molar-refractivity contribution in [3.63, 3.8) is 0 Å². The van der Waals surface area contributed by atoms with E-state index in [2.05, 4.69) is 15.3 Å². The lowest BCUT2D eigenvalue weighted by Gasteiger charge is -2.02. The van der Waals surface area contributed by atoms with Crippen molar-refractivity contribution in [2.45, 2.75) is 20.4 Å². The number of esters is 1. The number of ether oxygens (including phenoxy) is 1. The van der Waals surface area contributed by atoms with Gasteiger partial charge in [-0.1, -0.05) is 17.4 Å². The molecular formula is C13H15N3O2S. The first kappa shape index (κ1) is 13.5. The normalized spacial score (nSPS) is 10.3. The maximum atomic E-state index is 11.5. The van der Waals surface area contributed by atoms with E-state index in [9.17, 15) is 4.79 Å². The number of rotatable bonds is 4. The third-order valence-corrected chi connectivity index (χ3v) is 3.63. The Kier molecular flexibility index (Phi) is 4.11. The van der Waals surface area contributed by atoms with Crippen molar-refractivity contribution in [2.75, 3.05) is 12.4 Å². The van der Waals surface area contributed by atoms with Crippen LogP contribution in [-0.4, -0.2) is 23.0 Å². The Morgan fingerprint density at radius 2 is 2.16 bits per heavy atom. The van der Waals surface area contributed by atoms with Gasteiger partial charge in [0.25, 0.3) is 0 Å². The fraction of sp³-hybridized carbons (Fsp3) is 0.308. The summed E-state index contributed by atoms with van der Waals surface area (Å²) in [5, 5.41) is 3.86. The largest absolute Gasteiger partial charge is 0.465 e. The van der Waals surface area contributed by atoms with Crippen LogP contribution in [0.1, 0.15) is 26.8 Å². The highest BCUT2D eigenvalue weighted by Gasteiger charge is 2.15. The van der Waals surface area contributed by atoms with Gasteiger partial charge in [-0.15, -0.1) is 0 Å². The van der Waals surface area contributed by atoms with Crippen molar-refractivity contribution >= 4 is 22.4 Å². The molecule has 0 aliphatic heterocycles. The van der Waals surface area contributed by atoms with Crippen LogP contribution in [0.3, 0.4) is 0 Å². The first-order chi connectivity index (χ1) is 9.10. The minimum Gasteiger partial charge on any atom is -0.465 e. The molecule has 0 spiro atoms. The lowest BCUT2D eigenvalue weighted by molar-refractivity contribution is 0.0605. The van der Waals surface area contributed by atoms with Crippen molar-refractivity contribution in [1.29, 1.82) is 0 Å². The van der Waals surface area contributed by atoms with Crippen LogP contribution >= 0.6 is 11.3 Å². The lowest BCUT2D eigenvalue weighted by atomic mass is 10.3. The zero-order valence-electron chi connectivity index (χ0n) is 11.1. The van der Waals surface area contributed by atoms with Crippen molar-refractivity contribution in [3.05, 3.63) is 40.2 Å². The van der Waals surface area contributed by atoms with Crippen LogP contribution in [0, 0.1) is 13.8 Å². The molecule has 100 valence electrons. The number of aryl methyl sites for hydroxylation is 2. The Balaban J connectivity index is 2.06. The molecular weight excluding hydrogens is 262 g/mol. The molecule has 0 aliphatic carbocycles.